The van der Waals surface area contributed by atoms with Gasteiger partial charge in [-0.3, -0.25) is 0 Å². The van der Waals surface area contributed by atoms with E-state index in [4.69, 9.17) is 0 Å². The minimum atomic E-state index is 0.376. The second kappa shape index (κ2) is 6.63. The largest absolute Gasteiger partial charge is 0.508 e. The molecule has 2 N–H and O–H groups in total. The van der Waals surface area contributed by atoms with Gasteiger partial charge in [0, 0.05) is 24.5 Å². The number of benzene rings is 1. The van der Waals surface area contributed by atoms with E-state index < -0.39 is 0 Å². The lowest BCUT2D eigenvalue weighted by atomic mass is 10.2. The number of phenols is 1. The molecule has 0 aliphatic rings. The topological polar surface area (TPSA) is 52.1 Å². The van der Waals surface area contributed by atoms with Gasteiger partial charge in [0.1, 0.15) is 5.75 Å². The van der Waals surface area contributed by atoms with Crippen LogP contribution >= 0.6 is 0 Å². The zero-order valence-corrected chi connectivity index (χ0v) is 9.59. The van der Waals surface area contributed by atoms with Crippen molar-refractivity contribution in [2.75, 3.05) is 14.1 Å². The number of aromatic amines is 1. The van der Waals surface area contributed by atoms with Crippen LogP contribution in [0.2, 0.25) is 0 Å². The van der Waals surface area contributed by atoms with Crippen LogP contribution < -0.4 is 0 Å². The van der Waals surface area contributed by atoms with Gasteiger partial charge in [-0.05, 0) is 20.2 Å². The Morgan fingerprint density at radius 1 is 1.31 bits per heavy atom. The van der Waals surface area contributed by atoms with Crippen molar-refractivity contribution in [3.8, 4) is 5.75 Å². The smallest absolute Gasteiger partial charge is 0.120 e. The molecule has 16 heavy (non-hydrogen) atoms. The molecule has 0 atom stereocenters. The van der Waals surface area contributed by atoms with Crippen molar-refractivity contribution in [2.45, 2.75) is 6.54 Å². The Bertz CT molecular complexity index is 368. The number of nitrogens with one attached hydrogen (secondary N) is 1. The quantitative estimate of drug-likeness (QED) is 0.810. The van der Waals surface area contributed by atoms with Crippen LogP contribution in [-0.4, -0.2) is 34.1 Å². The van der Waals surface area contributed by atoms with Gasteiger partial charge in [0.05, 0.1) is 6.33 Å². The van der Waals surface area contributed by atoms with E-state index in [1.54, 1.807) is 24.8 Å². The van der Waals surface area contributed by atoms with Crippen molar-refractivity contribution >= 4 is 0 Å². The highest BCUT2D eigenvalue weighted by Crippen LogP contribution is 2.16. The first-order chi connectivity index (χ1) is 7.70. The summed E-state index contributed by atoms with van der Waals surface area (Å²) in [6.07, 6.45) is 5.08. The predicted octanol–water partition coefficient (Wildman–Crippen LogP) is 1.86. The first-order valence-corrected chi connectivity index (χ1v) is 5.04. The van der Waals surface area contributed by atoms with Gasteiger partial charge in [0.2, 0.25) is 0 Å². The number of hydrogen-bond donors (Lipinski definition) is 2. The van der Waals surface area contributed by atoms with Crippen molar-refractivity contribution in [3.05, 3.63) is 48.5 Å². The zero-order valence-electron chi connectivity index (χ0n) is 9.59. The fraction of sp³-hybridized carbons (Fsp3) is 0.250. The molecule has 0 amide bonds. The third-order valence-corrected chi connectivity index (χ3v) is 1.88. The van der Waals surface area contributed by atoms with Crippen LogP contribution in [-0.2, 0) is 6.54 Å². The number of phenolic OH excluding ortho intramolecular Hbond substituents is 1. The van der Waals surface area contributed by atoms with E-state index in [2.05, 4.69) is 9.97 Å². The Hall–Kier alpha value is -1.81. The minimum absolute atomic E-state index is 0.376. The van der Waals surface area contributed by atoms with Crippen LogP contribution in [0.3, 0.4) is 0 Å². The lowest BCUT2D eigenvalue weighted by molar-refractivity contribution is 0.386. The fourth-order valence-corrected chi connectivity index (χ4v) is 1.20. The van der Waals surface area contributed by atoms with Gasteiger partial charge >= 0.3 is 0 Å². The number of rotatable bonds is 2. The van der Waals surface area contributed by atoms with Gasteiger partial charge in [-0.1, -0.05) is 18.2 Å². The minimum Gasteiger partial charge on any atom is -0.508 e. The molecule has 1 aromatic carbocycles. The normalized spacial score (nSPS) is 9.69. The highest BCUT2D eigenvalue weighted by atomic mass is 16.3. The lowest BCUT2D eigenvalue weighted by Gasteiger charge is -2.10. The summed E-state index contributed by atoms with van der Waals surface area (Å²) in [6, 6.07) is 7.39. The summed E-state index contributed by atoms with van der Waals surface area (Å²) in [4.78, 5) is 8.44. The van der Waals surface area contributed by atoms with Crippen molar-refractivity contribution in [1.29, 1.82) is 0 Å². The monoisotopic (exact) mass is 219 g/mol. The third kappa shape index (κ3) is 4.61. The number of hydrogen-bond acceptors (Lipinski definition) is 3. The highest BCUT2D eigenvalue weighted by Gasteiger charge is 1.98. The van der Waals surface area contributed by atoms with Gasteiger partial charge in [-0.15, -0.1) is 0 Å². The molecule has 4 heteroatoms. The highest BCUT2D eigenvalue weighted by molar-refractivity contribution is 5.31. The second-order valence-electron chi connectivity index (χ2n) is 3.63. The molecule has 0 unspecified atom stereocenters. The van der Waals surface area contributed by atoms with Gasteiger partial charge in [0.15, 0.2) is 0 Å². The van der Waals surface area contributed by atoms with Crippen LogP contribution in [0.25, 0.3) is 0 Å². The number of aromatic nitrogens is 2. The van der Waals surface area contributed by atoms with Crippen molar-refractivity contribution < 1.29 is 5.11 Å². The maximum Gasteiger partial charge on any atom is 0.120 e. The molecule has 2 rings (SSSR count). The molecule has 0 radical (unpaired) electrons. The van der Waals surface area contributed by atoms with E-state index in [1.807, 2.05) is 37.2 Å². The van der Waals surface area contributed by atoms with Crippen molar-refractivity contribution in [3.63, 3.8) is 0 Å². The van der Waals surface area contributed by atoms with Crippen LogP contribution in [0.15, 0.2) is 43.0 Å². The van der Waals surface area contributed by atoms with Gasteiger partial charge in [0.25, 0.3) is 0 Å². The molecule has 0 saturated carbocycles. The number of imidazole rings is 1. The molecular formula is C12H17N3O. The average molecular weight is 219 g/mol. The Morgan fingerprint density at radius 3 is 2.50 bits per heavy atom. The summed E-state index contributed by atoms with van der Waals surface area (Å²) in [5.41, 5.74) is 0.970. The first-order valence-electron chi connectivity index (χ1n) is 5.04. The maximum atomic E-state index is 9.33. The molecule has 0 spiro atoms. The zero-order chi connectivity index (χ0) is 11.8. The third-order valence-electron chi connectivity index (χ3n) is 1.88. The maximum absolute atomic E-state index is 9.33. The summed E-state index contributed by atoms with van der Waals surface area (Å²) in [7, 11) is 3.96. The molecule has 2 aromatic rings. The number of H-pyrrole nitrogens is 1. The second-order valence-corrected chi connectivity index (χ2v) is 3.63. The predicted molar refractivity (Wildman–Crippen MR) is 64.1 cm³/mol. The fourth-order valence-electron chi connectivity index (χ4n) is 1.20. The van der Waals surface area contributed by atoms with E-state index in [9.17, 15) is 5.11 Å². The summed E-state index contributed by atoms with van der Waals surface area (Å²) < 4.78 is 0. The summed E-state index contributed by atoms with van der Waals surface area (Å²) >= 11 is 0. The molecule has 4 nitrogen and oxygen atoms in total. The number of aromatic hydroxyl groups is 1. The van der Waals surface area contributed by atoms with E-state index in [-0.39, 0.29) is 0 Å². The number of nitrogens with zero attached hydrogens (tertiary/aromatic N) is 2. The van der Waals surface area contributed by atoms with Crippen LogP contribution in [0.5, 0.6) is 5.75 Å². The van der Waals surface area contributed by atoms with Gasteiger partial charge in [-0.25, -0.2) is 4.98 Å². The molecular weight excluding hydrogens is 202 g/mol. The van der Waals surface area contributed by atoms with Crippen LogP contribution in [0.4, 0.5) is 0 Å². The van der Waals surface area contributed by atoms with Gasteiger partial charge in [-0.2, -0.15) is 0 Å². The van der Waals surface area contributed by atoms with E-state index in [1.165, 1.54) is 0 Å². The van der Waals surface area contributed by atoms with Gasteiger partial charge < -0.3 is 15.0 Å². The Balaban J connectivity index is 0.000000212. The van der Waals surface area contributed by atoms with Crippen LogP contribution in [0.1, 0.15) is 5.56 Å². The molecule has 1 heterocycles. The summed E-state index contributed by atoms with van der Waals surface area (Å²) in [5.74, 6) is 0.376. The Labute approximate surface area is 95.6 Å². The molecule has 0 fully saturated rings. The summed E-state index contributed by atoms with van der Waals surface area (Å²) in [6.45, 7) is 0.784. The number of para-hydroxylation sites is 1. The summed E-state index contributed by atoms with van der Waals surface area (Å²) in [5, 5.41) is 9.33. The molecule has 0 bridgehead atoms. The molecule has 1 aromatic heterocycles. The lowest BCUT2D eigenvalue weighted by Crippen LogP contribution is -2.10. The van der Waals surface area contributed by atoms with Crippen molar-refractivity contribution in [2.24, 2.45) is 0 Å². The standard InChI is InChI=1S/C9H13NO.C3H4N2/c1-10(2)7-8-5-3-4-6-9(8)11;1-2-5-3-4-1/h3-6,11H,7H2,1-2H3;1-3H,(H,4,5). The Kier molecular flexibility index (Phi) is 5.08. The SMILES string of the molecule is CN(C)Cc1ccccc1O.c1c[nH]cn1. The molecule has 0 aliphatic heterocycles. The molecule has 0 saturated heterocycles. The molecule has 0 aliphatic carbocycles. The van der Waals surface area contributed by atoms with Crippen LogP contribution in [0, 0.1) is 0 Å². The van der Waals surface area contributed by atoms with E-state index in [0.717, 1.165) is 12.1 Å². The average Bonchev–Trinajstić information content (AvgIpc) is 2.79. The van der Waals surface area contributed by atoms with E-state index >= 15 is 0 Å². The Morgan fingerprint density at radius 2 is 2.06 bits per heavy atom. The molecule has 86 valence electrons. The van der Waals surface area contributed by atoms with Crippen molar-refractivity contribution in [1.82, 2.24) is 14.9 Å². The first kappa shape index (κ1) is 12.3. The van der Waals surface area contributed by atoms with E-state index in [0.29, 0.717) is 5.75 Å².